The molecular weight excluding hydrogens is 314 g/mol. The maximum absolute atomic E-state index is 12.6. The molecule has 1 aliphatic heterocycles. The predicted molar refractivity (Wildman–Crippen MR) is 101 cm³/mol. The van der Waals surface area contributed by atoms with Gasteiger partial charge in [0.05, 0.1) is 17.6 Å². The van der Waals surface area contributed by atoms with Crippen LogP contribution < -0.4 is 5.32 Å². The maximum atomic E-state index is 12.6. The lowest BCUT2D eigenvalue weighted by Crippen LogP contribution is -2.53. The molecule has 2 amide bonds. The van der Waals surface area contributed by atoms with Crippen molar-refractivity contribution in [2.24, 2.45) is 0 Å². The van der Waals surface area contributed by atoms with Crippen LogP contribution in [0.5, 0.6) is 0 Å². The first-order chi connectivity index (χ1) is 12.1. The van der Waals surface area contributed by atoms with Crippen molar-refractivity contribution in [2.45, 2.75) is 71.4 Å². The van der Waals surface area contributed by atoms with Crippen LogP contribution in [-0.2, 0) is 0 Å². The van der Waals surface area contributed by atoms with Crippen molar-refractivity contribution in [3.05, 3.63) is 11.9 Å². The van der Waals surface area contributed by atoms with Crippen LogP contribution in [0.25, 0.3) is 0 Å². The van der Waals surface area contributed by atoms with Gasteiger partial charge >= 0.3 is 6.03 Å². The van der Waals surface area contributed by atoms with E-state index in [0.29, 0.717) is 6.04 Å². The summed E-state index contributed by atoms with van der Waals surface area (Å²) < 4.78 is 2.00. The third-order valence-electron chi connectivity index (χ3n) is 5.99. The summed E-state index contributed by atoms with van der Waals surface area (Å²) in [5, 5.41) is 7.49. The third-order valence-corrected chi connectivity index (χ3v) is 5.99. The van der Waals surface area contributed by atoms with Gasteiger partial charge in [-0.3, -0.25) is 9.58 Å². The van der Waals surface area contributed by atoms with E-state index in [-0.39, 0.29) is 6.03 Å². The number of carbonyl (C=O) groups excluding carboxylic acids is 1. The van der Waals surface area contributed by atoms with Crippen LogP contribution in [-0.4, -0.2) is 57.8 Å². The lowest BCUT2D eigenvalue weighted by molar-refractivity contribution is 0.0943. The minimum Gasteiger partial charge on any atom is -0.322 e. The van der Waals surface area contributed by atoms with Gasteiger partial charge in [-0.05, 0) is 33.1 Å². The number of hydrogen-bond acceptors (Lipinski definition) is 3. The molecule has 0 bridgehead atoms. The molecule has 1 aromatic rings. The topological polar surface area (TPSA) is 53.4 Å². The van der Waals surface area contributed by atoms with E-state index in [9.17, 15) is 4.79 Å². The molecule has 1 unspecified atom stereocenters. The van der Waals surface area contributed by atoms with Gasteiger partial charge in [0.2, 0.25) is 0 Å². The van der Waals surface area contributed by atoms with E-state index in [1.165, 1.54) is 32.1 Å². The van der Waals surface area contributed by atoms with E-state index in [1.54, 1.807) is 6.20 Å². The van der Waals surface area contributed by atoms with Gasteiger partial charge in [0, 0.05) is 38.3 Å². The smallest absolute Gasteiger partial charge is 0.322 e. The SMILES string of the molecule is CCC(C)n1ncc(NC(=O)N2CCN(C3CCCCC3)CC2)c1C. The summed E-state index contributed by atoms with van der Waals surface area (Å²) in [5.41, 5.74) is 1.86. The molecule has 1 saturated carbocycles. The van der Waals surface area contributed by atoms with Crippen molar-refractivity contribution in [1.82, 2.24) is 19.6 Å². The number of nitrogens with one attached hydrogen (secondary N) is 1. The fourth-order valence-corrected chi connectivity index (χ4v) is 4.09. The van der Waals surface area contributed by atoms with Crippen LogP contribution in [0.3, 0.4) is 0 Å². The van der Waals surface area contributed by atoms with Gasteiger partial charge in [-0.2, -0.15) is 5.10 Å². The molecule has 25 heavy (non-hydrogen) atoms. The molecule has 2 aliphatic rings. The normalized spacial score (nSPS) is 21.3. The van der Waals surface area contributed by atoms with Crippen LogP contribution in [0.15, 0.2) is 6.20 Å². The quantitative estimate of drug-likeness (QED) is 0.904. The number of nitrogens with zero attached hydrogens (tertiary/aromatic N) is 4. The third kappa shape index (κ3) is 4.17. The van der Waals surface area contributed by atoms with Gasteiger partial charge in [-0.25, -0.2) is 4.79 Å². The first-order valence-corrected chi connectivity index (χ1v) is 9.94. The first-order valence-electron chi connectivity index (χ1n) is 9.94. The molecular formula is C19H33N5O. The average Bonchev–Trinajstić information content (AvgIpc) is 3.02. The Kier molecular flexibility index (Phi) is 5.99. The molecule has 1 aliphatic carbocycles. The van der Waals surface area contributed by atoms with Crippen molar-refractivity contribution >= 4 is 11.7 Å². The average molecular weight is 348 g/mol. The molecule has 6 heteroatoms. The molecule has 3 rings (SSSR count). The van der Waals surface area contributed by atoms with E-state index in [1.807, 2.05) is 16.5 Å². The Morgan fingerprint density at radius 3 is 2.56 bits per heavy atom. The van der Waals surface area contributed by atoms with Crippen LogP contribution in [0.4, 0.5) is 10.5 Å². The summed E-state index contributed by atoms with van der Waals surface area (Å²) in [7, 11) is 0. The van der Waals surface area contributed by atoms with Gasteiger partial charge < -0.3 is 10.2 Å². The summed E-state index contributed by atoms with van der Waals surface area (Å²) in [6.07, 6.45) is 9.59. The molecule has 2 heterocycles. The highest BCUT2D eigenvalue weighted by atomic mass is 16.2. The van der Waals surface area contributed by atoms with Gasteiger partial charge in [0.15, 0.2) is 0 Å². The fourth-order valence-electron chi connectivity index (χ4n) is 4.09. The van der Waals surface area contributed by atoms with E-state index < -0.39 is 0 Å². The second-order valence-corrected chi connectivity index (χ2v) is 7.59. The molecule has 0 radical (unpaired) electrons. The van der Waals surface area contributed by atoms with Crippen LogP contribution >= 0.6 is 0 Å². The second kappa shape index (κ2) is 8.21. The predicted octanol–water partition coefficient (Wildman–Crippen LogP) is 3.64. The number of hydrogen-bond donors (Lipinski definition) is 1. The molecule has 2 fully saturated rings. The summed E-state index contributed by atoms with van der Waals surface area (Å²) in [4.78, 5) is 17.1. The second-order valence-electron chi connectivity index (χ2n) is 7.59. The van der Waals surface area contributed by atoms with Gasteiger partial charge in [0.25, 0.3) is 0 Å². The summed E-state index contributed by atoms with van der Waals surface area (Å²) in [6.45, 7) is 9.97. The molecule has 1 saturated heterocycles. The Hall–Kier alpha value is -1.56. The zero-order valence-electron chi connectivity index (χ0n) is 16.0. The monoisotopic (exact) mass is 347 g/mol. The van der Waals surface area contributed by atoms with E-state index in [2.05, 4.69) is 29.2 Å². The van der Waals surface area contributed by atoms with Crippen molar-refractivity contribution in [3.8, 4) is 0 Å². The minimum atomic E-state index is 0.00935. The van der Waals surface area contributed by atoms with Crippen molar-refractivity contribution in [1.29, 1.82) is 0 Å². The van der Waals surface area contributed by atoms with Crippen molar-refractivity contribution < 1.29 is 4.79 Å². The van der Waals surface area contributed by atoms with Gasteiger partial charge in [-0.15, -0.1) is 0 Å². The highest BCUT2D eigenvalue weighted by Gasteiger charge is 2.27. The molecule has 1 N–H and O–H groups in total. The van der Waals surface area contributed by atoms with E-state index >= 15 is 0 Å². The Bertz CT molecular complexity index is 570. The molecule has 1 atom stereocenters. The number of aromatic nitrogens is 2. The largest absolute Gasteiger partial charge is 0.322 e. The highest BCUT2D eigenvalue weighted by Crippen LogP contribution is 2.24. The van der Waals surface area contributed by atoms with Gasteiger partial charge in [-0.1, -0.05) is 26.2 Å². The van der Waals surface area contributed by atoms with E-state index in [4.69, 9.17) is 0 Å². The standard InChI is InChI=1S/C19H33N5O/c1-4-15(2)24-16(3)18(14-20-24)21-19(25)23-12-10-22(11-13-23)17-8-6-5-7-9-17/h14-15,17H,4-13H2,1-3H3,(H,21,25). The zero-order chi connectivity index (χ0) is 17.8. The molecule has 0 aromatic carbocycles. The van der Waals surface area contributed by atoms with Crippen LogP contribution in [0.1, 0.15) is 64.1 Å². The number of amides is 2. The highest BCUT2D eigenvalue weighted by molar-refractivity contribution is 5.89. The Morgan fingerprint density at radius 2 is 1.92 bits per heavy atom. The number of urea groups is 1. The zero-order valence-corrected chi connectivity index (χ0v) is 16.0. The molecule has 6 nitrogen and oxygen atoms in total. The number of rotatable bonds is 4. The number of carbonyl (C=O) groups is 1. The van der Waals surface area contributed by atoms with Crippen LogP contribution in [0, 0.1) is 6.92 Å². The number of anilines is 1. The number of piperazine rings is 1. The van der Waals surface area contributed by atoms with Crippen LogP contribution in [0.2, 0.25) is 0 Å². The Labute approximate surface area is 151 Å². The maximum Gasteiger partial charge on any atom is 0.322 e. The Balaban J connectivity index is 1.52. The summed E-state index contributed by atoms with van der Waals surface area (Å²) in [5.74, 6) is 0. The minimum absolute atomic E-state index is 0.00935. The van der Waals surface area contributed by atoms with Gasteiger partial charge in [0.1, 0.15) is 0 Å². The lowest BCUT2D eigenvalue weighted by Gasteiger charge is -2.40. The molecule has 140 valence electrons. The van der Waals surface area contributed by atoms with Crippen molar-refractivity contribution in [2.75, 3.05) is 31.5 Å². The summed E-state index contributed by atoms with van der Waals surface area (Å²) in [6, 6.07) is 1.11. The van der Waals surface area contributed by atoms with E-state index in [0.717, 1.165) is 50.0 Å². The Morgan fingerprint density at radius 1 is 1.24 bits per heavy atom. The molecule has 1 aromatic heterocycles. The first kappa shape index (κ1) is 18.2. The summed E-state index contributed by atoms with van der Waals surface area (Å²) >= 11 is 0. The van der Waals surface area contributed by atoms with Crippen molar-refractivity contribution in [3.63, 3.8) is 0 Å². The lowest BCUT2D eigenvalue weighted by atomic mass is 9.94. The fraction of sp³-hybridized carbons (Fsp3) is 0.789. The molecule has 0 spiro atoms.